The fourth-order valence-electron chi connectivity index (χ4n) is 1.85. The molecule has 0 bridgehead atoms. The van der Waals surface area contributed by atoms with Gasteiger partial charge < -0.3 is 10.1 Å². The van der Waals surface area contributed by atoms with E-state index in [1.165, 1.54) is 11.5 Å². The van der Waals surface area contributed by atoms with Crippen LogP contribution in [0.4, 0.5) is 0 Å². The van der Waals surface area contributed by atoms with E-state index >= 15 is 0 Å². The molecule has 0 saturated heterocycles. The van der Waals surface area contributed by atoms with Gasteiger partial charge in [0.2, 0.25) is 0 Å². The fourth-order valence-corrected chi connectivity index (χ4v) is 2.69. The molecule has 0 saturated carbocycles. The predicted molar refractivity (Wildman–Crippen MR) is 74.5 cm³/mol. The van der Waals surface area contributed by atoms with Gasteiger partial charge in [-0.15, -0.1) is 5.10 Å². The van der Waals surface area contributed by atoms with E-state index < -0.39 is 0 Å². The summed E-state index contributed by atoms with van der Waals surface area (Å²) >= 11 is 7.63. The third-order valence-electron chi connectivity index (χ3n) is 2.69. The second-order valence-corrected chi connectivity index (χ2v) is 5.13. The van der Waals surface area contributed by atoms with E-state index in [1.807, 2.05) is 11.6 Å². The third-order valence-corrected chi connectivity index (χ3v) is 3.70. The highest BCUT2D eigenvalue weighted by Crippen LogP contribution is 2.29. The van der Waals surface area contributed by atoms with Crippen molar-refractivity contribution >= 4 is 23.1 Å². The van der Waals surface area contributed by atoms with E-state index in [4.69, 9.17) is 16.3 Å². The van der Waals surface area contributed by atoms with Crippen molar-refractivity contribution in [2.75, 3.05) is 20.3 Å². The summed E-state index contributed by atoms with van der Waals surface area (Å²) in [6.45, 7) is 4.11. The van der Waals surface area contributed by atoms with Crippen LogP contribution >= 0.6 is 23.1 Å². The minimum atomic E-state index is -0.0446. The van der Waals surface area contributed by atoms with E-state index in [1.54, 1.807) is 19.5 Å². The molecule has 2 aromatic rings. The molecule has 0 aromatic carbocycles. The highest BCUT2D eigenvalue weighted by Gasteiger charge is 2.23. The molecule has 2 heterocycles. The van der Waals surface area contributed by atoms with Gasteiger partial charge in [0.1, 0.15) is 0 Å². The van der Waals surface area contributed by atoms with Crippen LogP contribution in [0.5, 0.6) is 0 Å². The van der Waals surface area contributed by atoms with E-state index in [9.17, 15) is 0 Å². The van der Waals surface area contributed by atoms with Crippen LogP contribution in [0.1, 0.15) is 23.5 Å². The smallest absolute Gasteiger partial charge is 0.0889 e. The van der Waals surface area contributed by atoms with Gasteiger partial charge in [0.05, 0.1) is 47.2 Å². The first kappa shape index (κ1) is 14.4. The van der Waals surface area contributed by atoms with Gasteiger partial charge in [0.15, 0.2) is 0 Å². The third kappa shape index (κ3) is 3.30. The molecular weight excluding hydrogens is 286 g/mol. The van der Waals surface area contributed by atoms with Gasteiger partial charge in [-0.1, -0.05) is 23.0 Å². The first-order valence-corrected chi connectivity index (χ1v) is 7.13. The second-order valence-electron chi connectivity index (χ2n) is 3.90. The van der Waals surface area contributed by atoms with Crippen LogP contribution < -0.4 is 5.32 Å². The minimum Gasteiger partial charge on any atom is -0.383 e. The predicted octanol–water partition coefficient (Wildman–Crippen LogP) is 1.73. The molecule has 0 spiro atoms. The Hall–Kier alpha value is -1.02. The molecule has 0 fully saturated rings. The number of hydrogen-bond acceptors (Lipinski definition) is 6. The average molecular weight is 302 g/mol. The van der Waals surface area contributed by atoms with Crippen molar-refractivity contribution in [2.24, 2.45) is 0 Å². The molecule has 1 atom stereocenters. The van der Waals surface area contributed by atoms with Gasteiger partial charge in [0, 0.05) is 7.11 Å². The summed E-state index contributed by atoms with van der Waals surface area (Å²) in [5, 5.41) is 12.2. The highest BCUT2D eigenvalue weighted by atomic mass is 35.5. The van der Waals surface area contributed by atoms with E-state index in [2.05, 4.69) is 20.0 Å². The largest absolute Gasteiger partial charge is 0.383 e. The van der Waals surface area contributed by atoms with Gasteiger partial charge in [-0.25, -0.2) is 0 Å². The first-order chi connectivity index (χ1) is 9.27. The van der Waals surface area contributed by atoms with E-state index in [-0.39, 0.29) is 6.04 Å². The van der Waals surface area contributed by atoms with Crippen molar-refractivity contribution in [3.8, 4) is 0 Å². The molecular formula is C11H16ClN5OS. The second kappa shape index (κ2) is 6.95. The van der Waals surface area contributed by atoms with Crippen molar-refractivity contribution in [1.82, 2.24) is 24.7 Å². The van der Waals surface area contributed by atoms with Gasteiger partial charge in [0.25, 0.3) is 0 Å². The van der Waals surface area contributed by atoms with Crippen LogP contribution in [-0.2, 0) is 11.3 Å². The minimum absolute atomic E-state index is 0.0446. The molecule has 1 N–H and O–H groups in total. The van der Waals surface area contributed by atoms with Crippen LogP contribution in [0.25, 0.3) is 0 Å². The number of methoxy groups -OCH3 is 1. The lowest BCUT2D eigenvalue weighted by Gasteiger charge is -2.18. The van der Waals surface area contributed by atoms with Crippen molar-refractivity contribution in [3.63, 3.8) is 0 Å². The maximum atomic E-state index is 6.27. The summed E-state index contributed by atoms with van der Waals surface area (Å²) in [6.07, 6.45) is 3.41. The van der Waals surface area contributed by atoms with Crippen LogP contribution in [0, 0.1) is 0 Å². The van der Waals surface area contributed by atoms with Gasteiger partial charge in [-0.3, -0.25) is 4.68 Å². The van der Waals surface area contributed by atoms with Crippen LogP contribution in [0.3, 0.4) is 0 Å². The Morgan fingerprint density at radius 1 is 1.53 bits per heavy atom. The molecule has 104 valence electrons. The monoisotopic (exact) mass is 301 g/mol. The molecule has 6 nitrogen and oxygen atoms in total. The zero-order valence-corrected chi connectivity index (χ0v) is 12.4. The highest BCUT2D eigenvalue weighted by molar-refractivity contribution is 7.05. The summed E-state index contributed by atoms with van der Waals surface area (Å²) < 4.78 is 10.9. The Morgan fingerprint density at radius 2 is 2.37 bits per heavy atom. The molecule has 0 amide bonds. The molecule has 0 aliphatic rings. The summed E-state index contributed by atoms with van der Waals surface area (Å²) in [5.41, 5.74) is 0.923. The number of aromatic nitrogens is 4. The topological polar surface area (TPSA) is 64.9 Å². The van der Waals surface area contributed by atoms with Gasteiger partial charge >= 0.3 is 0 Å². The molecule has 0 aliphatic heterocycles. The Balaban J connectivity index is 2.33. The van der Waals surface area contributed by atoms with Crippen molar-refractivity contribution < 1.29 is 4.74 Å². The van der Waals surface area contributed by atoms with Crippen molar-refractivity contribution in [2.45, 2.75) is 19.5 Å². The summed E-state index contributed by atoms with van der Waals surface area (Å²) in [4.78, 5) is 1.02. The maximum Gasteiger partial charge on any atom is 0.0889 e. The van der Waals surface area contributed by atoms with Crippen LogP contribution in [0.2, 0.25) is 5.02 Å². The van der Waals surface area contributed by atoms with Crippen molar-refractivity contribution in [1.29, 1.82) is 0 Å². The van der Waals surface area contributed by atoms with Crippen LogP contribution in [0.15, 0.2) is 12.4 Å². The first-order valence-electron chi connectivity index (χ1n) is 5.98. The van der Waals surface area contributed by atoms with E-state index in [0.29, 0.717) is 18.2 Å². The summed E-state index contributed by atoms with van der Waals surface area (Å²) in [6, 6.07) is -0.0446. The Bertz CT molecular complexity index is 501. The number of halogens is 1. The molecule has 19 heavy (non-hydrogen) atoms. The molecule has 8 heteroatoms. The van der Waals surface area contributed by atoms with Crippen LogP contribution in [-0.4, -0.2) is 39.6 Å². The zero-order chi connectivity index (χ0) is 13.7. The summed E-state index contributed by atoms with van der Waals surface area (Å²) in [5.74, 6) is 0. The van der Waals surface area contributed by atoms with E-state index in [0.717, 1.165) is 17.1 Å². The molecule has 0 aliphatic carbocycles. The molecule has 2 aromatic heterocycles. The molecule has 2 rings (SSSR count). The Morgan fingerprint density at radius 3 is 3.00 bits per heavy atom. The normalized spacial score (nSPS) is 12.8. The van der Waals surface area contributed by atoms with Crippen molar-refractivity contribution in [3.05, 3.63) is 28.0 Å². The quantitative estimate of drug-likeness (QED) is 0.844. The van der Waals surface area contributed by atoms with Gasteiger partial charge in [-0.05, 0) is 18.1 Å². The lowest BCUT2D eigenvalue weighted by atomic mass is 10.2. The number of nitrogens with zero attached hydrogens (tertiary/aromatic N) is 4. The fraction of sp³-hybridized carbons (Fsp3) is 0.545. The number of rotatable bonds is 7. The lowest BCUT2D eigenvalue weighted by Crippen LogP contribution is -2.25. The average Bonchev–Trinajstić information content (AvgIpc) is 3.04. The number of nitrogens with one attached hydrogen (secondary N) is 1. The SMILES string of the molecule is CCNC(c1cnns1)c1c(Cl)cnn1CCOC. The standard InChI is InChI=1S/C11H16ClN5OS/c1-3-13-10(9-7-14-16-19-9)11-8(12)6-15-17(11)4-5-18-2/h6-7,10,13H,3-5H2,1-2H3. The zero-order valence-electron chi connectivity index (χ0n) is 10.8. The number of ether oxygens (including phenoxy) is 1. The lowest BCUT2D eigenvalue weighted by molar-refractivity contribution is 0.182. The molecule has 0 radical (unpaired) electrons. The Labute approximate surface area is 120 Å². The van der Waals surface area contributed by atoms with Gasteiger partial charge in [-0.2, -0.15) is 5.10 Å². The summed E-state index contributed by atoms with van der Waals surface area (Å²) in [7, 11) is 1.67. The molecule has 1 unspecified atom stereocenters. The number of hydrogen-bond donors (Lipinski definition) is 1. The maximum absolute atomic E-state index is 6.27. The Kier molecular flexibility index (Phi) is 5.26.